The van der Waals surface area contributed by atoms with E-state index in [-0.39, 0.29) is 34.0 Å². The first-order chi connectivity index (χ1) is 13.3. The highest BCUT2D eigenvalue weighted by Crippen LogP contribution is 2.10. The number of rotatable bonds is 7. The maximum Gasteiger partial charge on any atom is 0.244 e. The maximum atomic E-state index is 3.53. The van der Waals surface area contributed by atoms with Gasteiger partial charge in [0.25, 0.3) is 0 Å². The van der Waals surface area contributed by atoms with Gasteiger partial charge in [-0.05, 0) is 28.3 Å². The first kappa shape index (κ1) is 23.6. The van der Waals surface area contributed by atoms with Crippen molar-refractivity contribution in [3.05, 3.63) is 108 Å². The molecule has 152 valence electrons. The van der Waals surface area contributed by atoms with E-state index in [1.807, 2.05) is 18.7 Å². The summed E-state index contributed by atoms with van der Waals surface area (Å²) in [4.78, 5) is 3.09. The number of hydrogen-bond donors (Lipinski definition) is 1. The average Bonchev–Trinajstić information content (AvgIpc) is 3.34. The van der Waals surface area contributed by atoms with Crippen LogP contribution in [0.2, 0.25) is 0 Å². The molecule has 0 spiro atoms. The molecule has 0 radical (unpaired) electrons. The molecule has 2 aromatic heterocycles. The van der Waals surface area contributed by atoms with E-state index < -0.39 is 0 Å². The molecule has 0 unspecified atom stereocenters. The zero-order chi connectivity index (χ0) is 18.5. The number of benzene rings is 2. The highest BCUT2D eigenvalue weighted by Gasteiger charge is 2.08. The smallest absolute Gasteiger partial charge is 0.244 e. The van der Waals surface area contributed by atoms with Gasteiger partial charge in [0.2, 0.25) is 12.7 Å². The second-order valence-electron chi connectivity index (χ2n) is 6.82. The Balaban J connectivity index is 0.00000150. The third kappa shape index (κ3) is 6.66. The fourth-order valence-corrected chi connectivity index (χ4v) is 3.66. The Morgan fingerprint density at radius 2 is 1.48 bits per heavy atom. The SMILES string of the molecule is BrCc1cccc(Cn2cc[n+](Cc3cccc(C[n+]4cc[nH]c4)c3)c2)c1.[Br-].[Br-]. The van der Waals surface area contributed by atoms with Crippen LogP contribution in [0.3, 0.4) is 0 Å². The van der Waals surface area contributed by atoms with Crippen LogP contribution in [0.15, 0.2) is 86.0 Å². The van der Waals surface area contributed by atoms with E-state index in [4.69, 9.17) is 0 Å². The topological polar surface area (TPSA) is 28.5 Å². The summed E-state index contributed by atoms with van der Waals surface area (Å²) in [5.74, 6) is 0. The Morgan fingerprint density at radius 3 is 2.17 bits per heavy atom. The molecule has 0 aliphatic carbocycles. The molecule has 4 rings (SSSR count). The van der Waals surface area contributed by atoms with E-state index in [1.54, 1.807) is 0 Å². The molecule has 29 heavy (non-hydrogen) atoms. The molecule has 0 atom stereocenters. The summed E-state index contributed by atoms with van der Waals surface area (Å²) in [7, 11) is 0. The Bertz CT molecular complexity index is 1010. The molecule has 0 aliphatic rings. The summed E-state index contributed by atoms with van der Waals surface area (Å²) in [5, 5.41) is 0.893. The highest BCUT2D eigenvalue weighted by atomic mass is 79.9. The van der Waals surface area contributed by atoms with Crippen LogP contribution in [0.4, 0.5) is 0 Å². The van der Waals surface area contributed by atoms with Gasteiger partial charge in [-0.15, -0.1) is 0 Å². The lowest BCUT2D eigenvalue weighted by atomic mass is 10.1. The van der Waals surface area contributed by atoms with Crippen molar-refractivity contribution >= 4 is 15.9 Å². The van der Waals surface area contributed by atoms with Gasteiger partial charge in [0.1, 0.15) is 44.4 Å². The van der Waals surface area contributed by atoms with E-state index >= 15 is 0 Å². The Morgan fingerprint density at radius 1 is 0.828 bits per heavy atom. The van der Waals surface area contributed by atoms with Crippen LogP contribution < -0.4 is 43.1 Å². The second-order valence-corrected chi connectivity index (χ2v) is 7.38. The third-order valence-electron chi connectivity index (χ3n) is 4.58. The monoisotopic (exact) mass is 580 g/mol. The predicted octanol–water partition coefficient (Wildman–Crippen LogP) is -2.56. The molecule has 2 heterocycles. The molecule has 0 amide bonds. The average molecular weight is 583 g/mol. The number of alkyl halides is 1. The minimum absolute atomic E-state index is 0. The van der Waals surface area contributed by atoms with Crippen LogP contribution in [0.1, 0.15) is 22.3 Å². The minimum Gasteiger partial charge on any atom is -1.00 e. The number of imidazole rings is 2. The number of halogens is 3. The fraction of sp³-hybridized carbons (Fsp3) is 0.182. The van der Waals surface area contributed by atoms with Crippen molar-refractivity contribution in [2.45, 2.75) is 25.0 Å². The fourth-order valence-electron chi connectivity index (χ4n) is 3.31. The molecule has 0 fully saturated rings. The van der Waals surface area contributed by atoms with Crippen molar-refractivity contribution in [3.8, 4) is 0 Å². The summed E-state index contributed by atoms with van der Waals surface area (Å²) in [5.41, 5.74) is 5.25. The van der Waals surface area contributed by atoms with Gasteiger partial charge in [-0.25, -0.2) is 13.7 Å². The zero-order valence-electron chi connectivity index (χ0n) is 15.9. The van der Waals surface area contributed by atoms with Gasteiger partial charge in [0, 0.05) is 5.33 Å². The summed E-state index contributed by atoms with van der Waals surface area (Å²) in [6.07, 6.45) is 12.4. The molecule has 0 aliphatic heterocycles. The lowest BCUT2D eigenvalue weighted by Crippen LogP contribution is -3.00. The van der Waals surface area contributed by atoms with Crippen molar-refractivity contribution in [1.82, 2.24) is 9.55 Å². The number of nitrogens with zero attached hydrogens (tertiary/aromatic N) is 3. The lowest BCUT2D eigenvalue weighted by Gasteiger charge is -2.03. The molecule has 0 saturated carbocycles. The van der Waals surface area contributed by atoms with Crippen molar-refractivity contribution in [2.24, 2.45) is 0 Å². The standard InChI is InChI=1S/C22H22BrN4.2BrH/c23-13-19-3-1-4-20(11-19)15-26-9-10-27(18-26)16-22-6-2-5-21(12-22)14-25-8-7-24-17-25;;/h1-12,17-18H,13-16H2;2*1H/q+1;;/p-1. The predicted molar refractivity (Wildman–Crippen MR) is 108 cm³/mol. The summed E-state index contributed by atoms with van der Waals surface area (Å²) in [6, 6.07) is 17.5. The van der Waals surface area contributed by atoms with Gasteiger partial charge in [-0.2, -0.15) is 0 Å². The molecule has 0 saturated heterocycles. The van der Waals surface area contributed by atoms with Crippen molar-refractivity contribution in [2.75, 3.05) is 0 Å². The Labute approximate surface area is 200 Å². The van der Waals surface area contributed by atoms with Crippen LogP contribution in [0.5, 0.6) is 0 Å². The van der Waals surface area contributed by atoms with Crippen LogP contribution >= 0.6 is 15.9 Å². The lowest BCUT2D eigenvalue weighted by molar-refractivity contribution is -0.688. The summed E-state index contributed by atoms with van der Waals surface area (Å²) < 4.78 is 6.60. The van der Waals surface area contributed by atoms with Gasteiger partial charge >= 0.3 is 0 Å². The Kier molecular flexibility index (Phi) is 9.33. The molecule has 1 N–H and O–H groups in total. The van der Waals surface area contributed by atoms with Gasteiger partial charge < -0.3 is 34.0 Å². The summed E-state index contributed by atoms with van der Waals surface area (Å²) in [6.45, 7) is 2.64. The van der Waals surface area contributed by atoms with E-state index in [2.05, 4.69) is 102 Å². The van der Waals surface area contributed by atoms with Crippen LogP contribution in [0.25, 0.3) is 0 Å². The van der Waals surface area contributed by atoms with Crippen molar-refractivity contribution < 1.29 is 43.1 Å². The van der Waals surface area contributed by atoms with Gasteiger partial charge in [-0.3, -0.25) is 4.98 Å². The number of hydrogen-bond acceptors (Lipinski definition) is 0. The summed E-state index contributed by atoms with van der Waals surface area (Å²) >= 11 is 3.53. The van der Waals surface area contributed by atoms with E-state index in [0.29, 0.717) is 0 Å². The van der Waals surface area contributed by atoms with Crippen molar-refractivity contribution in [1.29, 1.82) is 0 Å². The van der Waals surface area contributed by atoms with E-state index in [9.17, 15) is 0 Å². The van der Waals surface area contributed by atoms with Crippen LogP contribution in [0, 0.1) is 0 Å². The largest absolute Gasteiger partial charge is 1.00 e. The van der Waals surface area contributed by atoms with Gasteiger partial charge in [0.15, 0.2) is 0 Å². The maximum absolute atomic E-state index is 3.53. The number of aromatic amines is 1. The van der Waals surface area contributed by atoms with E-state index in [0.717, 1.165) is 25.0 Å². The number of aromatic nitrogens is 4. The molecule has 0 bridgehead atoms. The van der Waals surface area contributed by atoms with E-state index in [1.165, 1.54) is 22.3 Å². The van der Waals surface area contributed by atoms with Gasteiger partial charge in [0.05, 0.1) is 0 Å². The van der Waals surface area contributed by atoms with Gasteiger partial charge in [-0.1, -0.05) is 58.4 Å². The molecule has 2 aromatic carbocycles. The minimum atomic E-state index is 0. The first-order valence-corrected chi connectivity index (χ1v) is 10.2. The van der Waals surface area contributed by atoms with Crippen molar-refractivity contribution in [3.63, 3.8) is 0 Å². The normalized spacial score (nSPS) is 10.2. The second kappa shape index (κ2) is 11.5. The molecule has 4 nitrogen and oxygen atoms in total. The molecular formula is C22H23Br3N4. The Hall–Kier alpha value is -1.70. The zero-order valence-corrected chi connectivity index (χ0v) is 20.6. The van der Waals surface area contributed by atoms with Crippen LogP contribution in [-0.4, -0.2) is 9.55 Å². The molecule has 4 aromatic rings. The third-order valence-corrected chi connectivity index (χ3v) is 5.23. The number of nitrogens with one attached hydrogen (secondary N) is 1. The van der Waals surface area contributed by atoms with Crippen LogP contribution in [-0.2, 0) is 25.0 Å². The first-order valence-electron chi connectivity index (χ1n) is 9.07. The quantitative estimate of drug-likeness (QED) is 0.184. The molecule has 7 heteroatoms. The number of H-pyrrole nitrogens is 1. The highest BCUT2D eigenvalue weighted by molar-refractivity contribution is 9.08. The molecular weight excluding hydrogens is 560 g/mol.